The van der Waals surface area contributed by atoms with Crippen LogP contribution < -0.4 is 0 Å². The molecule has 2 atom stereocenters. The summed E-state index contributed by atoms with van der Waals surface area (Å²) >= 11 is 1.27. The summed E-state index contributed by atoms with van der Waals surface area (Å²) in [7, 11) is 1.84. The van der Waals surface area contributed by atoms with Crippen molar-refractivity contribution in [3.8, 4) is 0 Å². The monoisotopic (exact) mass is 516 g/mol. The van der Waals surface area contributed by atoms with Crippen molar-refractivity contribution >= 4 is 36.7 Å². The number of aryl methyl sites for hydroxylation is 1. The molecule has 190 valence electrons. The number of ether oxygens (including phenoxy) is 1. The number of nitrogens with zero attached hydrogens (tertiary/aromatic N) is 6. The normalized spacial score (nSPS) is 17.4. The molecular formula is C25H27F3N6OS. The first-order valence-corrected chi connectivity index (χ1v) is 11.5. The summed E-state index contributed by atoms with van der Waals surface area (Å²) in [6.45, 7) is 12.5. The second-order valence-electron chi connectivity index (χ2n) is 7.41. The molecule has 2 heterocycles. The molecule has 0 fully saturated rings. The predicted octanol–water partition coefficient (Wildman–Crippen LogP) is 6.24. The lowest BCUT2D eigenvalue weighted by atomic mass is 9.87. The van der Waals surface area contributed by atoms with Crippen molar-refractivity contribution in [3.63, 3.8) is 0 Å². The zero-order chi connectivity index (χ0) is 26.6. The van der Waals surface area contributed by atoms with Gasteiger partial charge < -0.3 is 9.30 Å². The van der Waals surface area contributed by atoms with Crippen molar-refractivity contribution < 1.29 is 17.9 Å². The summed E-state index contributed by atoms with van der Waals surface area (Å²) in [5, 5.41) is 8.16. The third-order valence-corrected chi connectivity index (χ3v) is 5.98. The Morgan fingerprint density at radius 3 is 2.58 bits per heavy atom. The largest absolute Gasteiger partial charge is 0.481 e. The third-order valence-electron chi connectivity index (χ3n) is 4.85. The van der Waals surface area contributed by atoms with Crippen LogP contribution in [0.15, 0.2) is 93.6 Å². The molecule has 2 unspecified atom stereocenters. The van der Waals surface area contributed by atoms with Gasteiger partial charge in [-0.2, -0.15) is 18.3 Å². The van der Waals surface area contributed by atoms with E-state index in [9.17, 15) is 13.2 Å². The van der Waals surface area contributed by atoms with Gasteiger partial charge in [0, 0.05) is 38.3 Å². The van der Waals surface area contributed by atoms with Gasteiger partial charge in [-0.25, -0.2) is 9.97 Å². The zero-order valence-corrected chi connectivity index (χ0v) is 20.8. The summed E-state index contributed by atoms with van der Waals surface area (Å²) < 4.78 is 45.4. The van der Waals surface area contributed by atoms with Crippen LogP contribution in [0.1, 0.15) is 18.2 Å². The number of imidazole rings is 1. The lowest BCUT2D eigenvalue weighted by Gasteiger charge is -2.22. The highest BCUT2D eigenvalue weighted by atomic mass is 32.2. The van der Waals surface area contributed by atoms with Crippen LogP contribution in [-0.2, 0) is 18.0 Å². The zero-order valence-electron chi connectivity index (χ0n) is 20.0. The highest BCUT2D eigenvalue weighted by Crippen LogP contribution is 2.36. The smallest absolute Gasteiger partial charge is 0.417 e. The molecule has 7 nitrogen and oxygen atoms in total. The lowest BCUT2D eigenvalue weighted by molar-refractivity contribution is -0.137. The number of rotatable bonds is 9. The second-order valence-corrected chi connectivity index (χ2v) is 8.42. The third kappa shape index (κ3) is 8.49. The van der Waals surface area contributed by atoms with Gasteiger partial charge in [0.2, 0.25) is 0 Å². The molecule has 1 aliphatic carbocycles. The van der Waals surface area contributed by atoms with Crippen molar-refractivity contribution in [1.82, 2.24) is 14.5 Å². The van der Waals surface area contributed by atoms with Crippen LogP contribution in [0.2, 0.25) is 0 Å². The predicted molar refractivity (Wildman–Crippen MR) is 139 cm³/mol. The Morgan fingerprint density at radius 2 is 2.03 bits per heavy atom. The number of allylic oxidation sites excluding steroid dienone is 4. The Bertz CT molecular complexity index is 1140. The van der Waals surface area contributed by atoms with Crippen molar-refractivity contribution in [1.29, 1.82) is 0 Å². The maximum absolute atomic E-state index is 12.8. The van der Waals surface area contributed by atoms with E-state index in [-0.39, 0.29) is 11.8 Å². The van der Waals surface area contributed by atoms with E-state index >= 15 is 0 Å². The summed E-state index contributed by atoms with van der Waals surface area (Å²) in [4.78, 5) is 12.0. The summed E-state index contributed by atoms with van der Waals surface area (Å²) in [5.41, 5.74) is 0.922. The average molecular weight is 517 g/mol. The number of hydrogen-bond donors (Lipinski definition) is 0. The molecule has 0 radical (unpaired) electrons. The maximum Gasteiger partial charge on any atom is 0.417 e. The SMILES string of the molecule is C=CC=NC=C.C=N/N=C\OCC1C=CC(c2ncn(C)c2Sc2ccc(C(F)(F)F)cn2)=CC1C. The second kappa shape index (κ2) is 14.0. The van der Waals surface area contributed by atoms with E-state index in [1.807, 2.05) is 17.7 Å². The molecule has 0 N–H and O–H groups in total. The molecule has 0 saturated carbocycles. The minimum absolute atomic E-state index is 0.168. The van der Waals surface area contributed by atoms with Gasteiger partial charge in [0.25, 0.3) is 0 Å². The molecule has 0 aromatic carbocycles. The fourth-order valence-corrected chi connectivity index (χ4v) is 3.92. The maximum atomic E-state index is 12.8. The molecule has 0 amide bonds. The number of aliphatic imine (C=N–C) groups is 1. The fraction of sp³-hybridized carbons (Fsp3) is 0.240. The van der Waals surface area contributed by atoms with Crippen LogP contribution in [0.25, 0.3) is 5.57 Å². The molecule has 0 spiro atoms. The van der Waals surface area contributed by atoms with Crippen molar-refractivity contribution in [2.75, 3.05) is 6.61 Å². The van der Waals surface area contributed by atoms with Gasteiger partial charge in [-0.3, -0.25) is 4.99 Å². The number of pyridine rings is 1. The van der Waals surface area contributed by atoms with Gasteiger partial charge in [-0.15, -0.1) is 5.10 Å². The quantitative estimate of drug-likeness (QED) is 0.225. The number of halogens is 3. The molecule has 0 bridgehead atoms. The van der Waals surface area contributed by atoms with E-state index in [0.717, 1.165) is 28.6 Å². The van der Waals surface area contributed by atoms with Crippen LogP contribution in [0.4, 0.5) is 13.2 Å². The molecular weight excluding hydrogens is 489 g/mol. The first kappa shape index (κ1) is 28.5. The van der Waals surface area contributed by atoms with Gasteiger partial charge in [0.1, 0.15) is 15.7 Å². The molecule has 3 rings (SSSR count). The van der Waals surface area contributed by atoms with Crippen molar-refractivity contribution in [3.05, 3.63) is 79.6 Å². The van der Waals surface area contributed by atoms with Crippen molar-refractivity contribution in [2.45, 2.75) is 23.2 Å². The summed E-state index contributed by atoms with van der Waals surface area (Å²) in [5.74, 6) is 0.362. The van der Waals surface area contributed by atoms with Crippen LogP contribution >= 0.6 is 11.8 Å². The minimum atomic E-state index is -4.41. The molecule has 0 aliphatic heterocycles. The topological polar surface area (TPSA) is 77.0 Å². The van der Waals surface area contributed by atoms with Crippen LogP contribution in [-0.4, -0.2) is 40.5 Å². The van der Waals surface area contributed by atoms with E-state index in [1.165, 1.54) is 30.4 Å². The van der Waals surface area contributed by atoms with Gasteiger partial charge in [-0.05, 0) is 35.4 Å². The molecule has 36 heavy (non-hydrogen) atoms. The van der Waals surface area contributed by atoms with Gasteiger partial charge in [-0.1, -0.05) is 44.4 Å². The molecule has 0 saturated heterocycles. The Balaban J connectivity index is 0.000000678. The number of alkyl halides is 3. The lowest BCUT2D eigenvalue weighted by Crippen LogP contribution is -2.16. The van der Waals surface area contributed by atoms with Crippen LogP contribution in [0.5, 0.6) is 0 Å². The average Bonchev–Trinajstić information content (AvgIpc) is 3.21. The van der Waals surface area contributed by atoms with Gasteiger partial charge in [0.05, 0.1) is 18.5 Å². The number of hydrogen-bond acceptors (Lipinski definition) is 7. The van der Waals surface area contributed by atoms with E-state index in [0.29, 0.717) is 11.6 Å². The molecule has 11 heteroatoms. The Labute approximate surface area is 212 Å². The Morgan fingerprint density at radius 1 is 1.25 bits per heavy atom. The van der Waals surface area contributed by atoms with Crippen LogP contribution in [0, 0.1) is 11.8 Å². The first-order valence-electron chi connectivity index (χ1n) is 10.7. The van der Waals surface area contributed by atoms with Crippen LogP contribution in [0.3, 0.4) is 0 Å². The molecule has 1 aliphatic rings. The fourth-order valence-electron chi connectivity index (χ4n) is 3.02. The standard InChI is InChI=1S/C20H20F3N5OS.C5H7N/c1-13-8-14(4-5-15(13)10-29-12-27-24-2)18-19(28(3)11-26-18)30-17-7-6-16(9-25-17)20(21,22)23;1-3-5-6-4-2/h4-9,11-13,15H,2,10H2,1,3H3;3-5H,1-2H2/b27-12-;. The highest BCUT2D eigenvalue weighted by Gasteiger charge is 2.30. The Kier molecular flexibility index (Phi) is 11.1. The van der Waals surface area contributed by atoms with E-state index in [4.69, 9.17) is 4.74 Å². The van der Waals surface area contributed by atoms with E-state index < -0.39 is 11.7 Å². The van der Waals surface area contributed by atoms with E-state index in [1.54, 1.807) is 18.6 Å². The highest BCUT2D eigenvalue weighted by molar-refractivity contribution is 7.99. The van der Waals surface area contributed by atoms with Crippen molar-refractivity contribution in [2.24, 2.45) is 34.1 Å². The van der Waals surface area contributed by atoms with Gasteiger partial charge >= 0.3 is 6.18 Å². The molecule has 2 aromatic rings. The first-order chi connectivity index (χ1) is 17.2. The number of aromatic nitrogens is 3. The Hall–Kier alpha value is -3.73. The minimum Gasteiger partial charge on any atom is -0.481 e. The van der Waals surface area contributed by atoms with E-state index in [2.05, 4.69) is 64.1 Å². The molecule has 2 aromatic heterocycles. The van der Waals surface area contributed by atoms with Gasteiger partial charge in [0.15, 0.2) is 6.40 Å². The summed E-state index contributed by atoms with van der Waals surface area (Å²) in [6, 6.07) is 2.40. The summed E-state index contributed by atoms with van der Waals surface area (Å²) in [6.07, 6.45) is 10.1.